The van der Waals surface area contributed by atoms with Crippen molar-refractivity contribution in [3.05, 3.63) is 105 Å². The maximum atomic E-state index is 13.5. The SMILES string of the molecule is CCOc1cc([C@@H](C[N+](=O)[O-])c2c[nH]c3ccccc23)cc(Cl)c1OCc1cccc(F)c1. The average Bonchev–Trinajstić information content (AvgIpc) is 3.21. The lowest BCUT2D eigenvalue weighted by Gasteiger charge is -2.19. The Morgan fingerprint density at radius 1 is 1.12 bits per heavy atom. The lowest BCUT2D eigenvalue weighted by atomic mass is 9.90. The Hall–Kier alpha value is -3.58. The van der Waals surface area contributed by atoms with Crippen LogP contribution in [0.1, 0.15) is 29.5 Å². The van der Waals surface area contributed by atoms with Gasteiger partial charge in [-0.15, -0.1) is 0 Å². The highest BCUT2D eigenvalue weighted by atomic mass is 35.5. The van der Waals surface area contributed by atoms with Crippen molar-refractivity contribution in [3.63, 3.8) is 0 Å². The summed E-state index contributed by atoms with van der Waals surface area (Å²) in [7, 11) is 0. The number of hydrogen-bond acceptors (Lipinski definition) is 4. The van der Waals surface area contributed by atoms with E-state index in [9.17, 15) is 14.5 Å². The summed E-state index contributed by atoms with van der Waals surface area (Å²) < 4.78 is 25.1. The van der Waals surface area contributed by atoms with Crippen molar-refractivity contribution in [1.82, 2.24) is 4.98 Å². The number of ether oxygens (including phenoxy) is 2. The third-order valence-corrected chi connectivity index (χ3v) is 5.62. The van der Waals surface area contributed by atoms with Crippen molar-refractivity contribution in [2.24, 2.45) is 0 Å². The van der Waals surface area contributed by atoms with E-state index in [0.29, 0.717) is 29.2 Å². The van der Waals surface area contributed by atoms with Crippen molar-refractivity contribution >= 4 is 22.5 Å². The maximum absolute atomic E-state index is 13.5. The van der Waals surface area contributed by atoms with E-state index in [-0.39, 0.29) is 28.9 Å². The number of halogens is 2. The molecule has 0 aliphatic heterocycles. The number of aromatic nitrogens is 1. The van der Waals surface area contributed by atoms with E-state index < -0.39 is 5.92 Å². The van der Waals surface area contributed by atoms with Crippen LogP contribution >= 0.6 is 11.6 Å². The molecule has 0 aliphatic rings. The smallest absolute Gasteiger partial charge is 0.214 e. The highest BCUT2D eigenvalue weighted by molar-refractivity contribution is 6.32. The van der Waals surface area contributed by atoms with Crippen LogP contribution < -0.4 is 9.47 Å². The second kappa shape index (κ2) is 9.92. The number of hydrogen-bond donors (Lipinski definition) is 1. The van der Waals surface area contributed by atoms with Crippen molar-refractivity contribution in [1.29, 1.82) is 0 Å². The molecule has 4 rings (SSSR count). The highest BCUT2D eigenvalue weighted by Crippen LogP contribution is 2.41. The number of rotatable bonds is 9. The Morgan fingerprint density at radius 3 is 2.70 bits per heavy atom. The summed E-state index contributed by atoms with van der Waals surface area (Å²) in [6.07, 6.45) is 1.79. The van der Waals surface area contributed by atoms with Crippen LogP contribution in [0, 0.1) is 15.9 Å². The van der Waals surface area contributed by atoms with Gasteiger partial charge in [-0.2, -0.15) is 0 Å². The Balaban J connectivity index is 1.73. The zero-order valence-electron chi connectivity index (χ0n) is 17.9. The predicted octanol–water partition coefficient (Wildman–Crippen LogP) is 6.35. The third-order valence-electron chi connectivity index (χ3n) is 5.33. The van der Waals surface area contributed by atoms with Crippen LogP contribution in [-0.4, -0.2) is 23.1 Å². The minimum absolute atomic E-state index is 0.0949. The summed E-state index contributed by atoms with van der Waals surface area (Å²) in [5, 5.41) is 12.7. The van der Waals surface area contributed by atoms with Gasteiger partial charge in [-0.3, -0.25) is 10.1 Å². The number of nitrogens with one attached hydrogen (secondary N) is 1. The monoisotopic (exact) mass is 468 g/mol. The van der Waals surface area contributed by atoms with Gasteiger partial charge < -0.3 is 14.5 Å². The van der Waals surface area contributed by atoms with E-state index >= 15 is 0 Å². The Bertz CT molecular complexity index is 1290. The molecular formula is C25H22ClFN2O4. The van der Waals surface area contributed by atoms with Gasteiger partial charge in [0.2, 0.25) is 6.54 Å². The van der Waals surface area contributed by atoms with E-state index in [0.717, 1.165) is 16.5 Å². The van der Waals surface area contributed by atoms with Crippen LogP contribution in [0.4, 0.5) is 4.39 Å². The maximum Gasteiger partial charge on any atom is 0.214 e. The number of fused-ring (bicyclic) bond motifs is 1. The molecule has 170 valence electrons. The van der Waals surface area contributed by atoms with Crippen LogP contribution in [0.15, 0.2) is 66.9 Å². The Kier molecular flexibility index (Phi) is 6.79. The van der Waals surface area contributed by atoms with E-state index in [4.69, 9.17) is 21.1 Å². The summed E-state index contributed by atoms with van der Waals surface area (Å²) in [6.45, 7) is 1.96. The number of benzene rings is 3. The molecule has 0 bridgehead atoms. The van der Waals surface area contributed by atoms with Crippen LogP contribution in [0.3, 0.4) is 0 Å². The van der Waals surface area contributed by atoms with Gasteiger partial charge in [-0.25, -0.2) is 4.39 Å². The topological polar surface area (TPSA) is 77.4 Å². The minimum atomic E-state index is -0.551. The van der Waals surface area contributed by atoms with Gasteiger partial charge in [0.15, 0.2) is 11.5 Å². The van der Waals surface area contributed by atoms with Crippen molar-refractivity contribution in [3.8, 4) is 11.5 Å². The van der Waals surface area contributed by atoms with Crippen molar-refractivity contribution in [2.75, 3.05) is 13.2 Å². The molecule has 0 aliphatic carbocycles. The van der Waals surface area contributed by atoms with Gasteiger partial charge in [0.25, 0.3) is 0 Å². The van der Waals surface area contributed by atoms with Crippen LogP contribution in [0.2, 0.25) is 5.02 Å². The molecule has 6 nitrogen and oxygen atoms in total. The number of aromatic amines is 1. The van der Waals surface area contributed by atoms with Crippen LogP contribution in [0.25, 0.3) is 10.9 Å². The summed E-state index contributed by atoms with van der Waals surface area (Å²) in [5.74, 6) is -0.219. The number of nitrogens with zero attached hydrogens (tertiary/aromatic N) is 1. The van der Waals surface area contributed by atoms with Gasteiger partial charge in [0, 0.05) is 22.0 Å². The van der Waals surface area contributed by atoms with Gasteiger partial charge in [0.1, 0.15) is 12.4 Å². The van der Waals surface area contributed by atoms with E-state index in [1.807, 2.05) is 31.2 Å². The largest absolute Gasteiger partial charge is 0.490 e. The first-order valence-corrected chi connectivity index (χ1v) is 10.8. The zero-order chi connectivity index (χ0) is 23.4. The molecule has 1 aromatic heterocycles. The van der Waals surface area contributed by atoms with Gasteiger partial charge in [-0.1, -0.05) is 41.9 Å². The van der Waals surface area contributed by atoms with E-state index in [2.05, 4.69) is 4.98 Å². The summed E-state index contributed by atoms with van der Waals surface area (Å²) in [4.78, 5) is 14.4. The highest BCUT2D eigenvalue weighted by Gasteiger charge is 2.26. The summed E-state index contributed by atoms with van der Waals surface area (Å²) in [6, 6.07) is 17.1. The first kappa shape index (κ1) is 22.6. The van der Waals surface area contributed by atoms with Crippen molar-refractivity contribution < 1.29 is 18.8 Å². The molecular weight excluding hydrogens is 447 g/mol. The average molecular weight is 469 g/mol. The van der Waals surface area contributed by atoms with Gasteiger partial charge >= 0.3 is 0 Å². The predicted molar refractivity (Wildman–Crippen MR) is 125 cm³/mol. The van der Waals surface area contributed by atoms with Gasteiger partial charge in [0.05, 0.1) is 17.5 Å². The molecule has 8 heteroatoms. The minimum Gasteiger partial charge on any atom is -0.490 e. The third kappa shape index (κ3) is 5.09. The number of nitro groups is 1. The van der Waals surface area contributed by atoms with E-state index in [1.165, 1.54) is 12.1 Å². The molecule has 0 saturated heterocycles. The lowest BCUT2D eigenvalue weighted by molar-refractivity contribution is -0.481. The standard InChI is InChI=1S/C25H22ClFN2O4/c1-2-32-24-12-17(11-22(26)25(24)33-15-16-6-5-7-18(27)10-16)21(14-29(30)31)20-13-28-23-9-4-3-8-19(20)23/h3-13,21,28H,2,14-15H2,1H3/t21-/m1/s1. The summed E-state index contributed by atoms with van der Waals surface area (Å²) in [5.41, 5.74) is 2.98. The lowest BCUT2D eigenvalue weighted by Crippen LogP contribution is -2.14. The molecule has 0 saturated carbocycles. The van der Waals surface area contributed by atoms with Crippen LogP contribution in [-0.2, 0) is 6.61 Å². The summed E-state index contributed by atoms with van der Waals surface area (Å²) >= 11 is 6.57. The zero-order valence-corrected chi connectivity index (χ0v) is 18.6. The molecule has 3 aromatic carbocycles. The van der Waals surface area contributed by atoms with Gasteiger partial charge in [-0.05, 0) is 53.9 Å². The van der Waals surface area contributed by atoms with Crippen LogP contribution in [0.5, 0.6) is 11.5 Å². The molecule has 33 heavy (non-hydrogen) atoms. The first-order valence-electron chi connectivity index (χ1n) is 10.5. The second-order valence-electron chi connectivity index (χ2n) is 7.54. The molecule has 4 aromatic rings. The normalized spacial score (nSPS) is 12.0. The fourth-order valence-corrected chi connectivity index (χ4v) is 4.16. The van der Waals surface area contributed by atoms with E-state index in [1.54, 1.807) is 30.5 Å². The molecule has 0 spiro atoms. The fourth-order valence-electron chi connectivity index (χ4n) is 3.89. The molecule has 0 radical (unpaired) electrons. The van der Waals surface area contributed by atoms with Crippen molar-refractivity contribution in [2.45, 2.75) is 19.4 Å². The Morgan fingerprint density at radius 2 is 1.94 bits per heavy atom. The second-order valence-corrected chi connectivity index (χ2v) is 7.95. The molecule has 0 amide bonds. The first-order chi connectivity index (χ1) is 16.0. The Labute approximate surface area is 195 Å². The fraction of sp³-hybridized carbons (Fsp3) is 0.200. The molecule has 0 unspecified atom stereocenters. The molecule has 1 atom stereocenters. The molecule has 1 heterocycles. The molecule has 1 N–H and O–H groups in total. The molecule has 0 fully saturated rings. The number of H-pyrrole nitrogens is 1. The quantitative estimate of drug-likeness (QED) is 0.229. The number of para-hydroxylation sites is 1.